The predicted octanol–water partition coefficient (Wildman–Crippen LogP) is 1.78. The fraction of sp³-hybridized carbons (Fsp3) is 0.533. The number of nitrogens with zero attached hydrogens (tertiary/aromatic N) is 3. The number of aromatic nitrogens is 2. The summed E-state index contributed by atoms with van der Waals surface area (Å²) in [5, 5.41) is 0. The van der Waals surface area contributed by atoms with Crippen LogP contribution >= 0.6 is 0 Å². The largest absolute Gasteiger partial charge is 0.334 e. The van der Waals surface area contributed by atoms with Crippen molar-refractivity contribution >= 4 is 11.0 Å². The molecule has 0 aliphatic rings. The lowest BCUT2D eigenvalue weighted by Crippen LogP contribution is -2.32. The molecule has 19 heavy (non-hydrogen) atoms. The number of rotatable bonds is 6. The van der Waals surface area contributed by atoms with Crippen LogP contribution in [0.25, 0.3) is 11.0 Å². The highest BCUT2D eigenvalue weighted by Crippen LogP contribution is 2.14. The van der Waals surface area contributed by atoms with E-state index in [-0.39, 0.29) is 0 Å². The highest BCUT2D eigenvalue weighted by molar-refractivity contribution is 5.75. The standard InChI is InChI=1S/C15H24N4/c1-12(6-8-16)18(2)9-7-13-4-5-15-14(10-13)17-11-19(15)3/h4-5,10-12H,6-9,16H2,1-3H3. The quantitative estimate of drug-likeness (QED) is 0.861. The van der Waals surface area contributed by atoms with Gasteiger partial charge in [-0.2, -0.15) is 0 Å². The smallest absolute Gasteiger partial charge is 0.0955 e. The summed E-state index contributed by atoms with van der Waals surface area (Å²) in [5.74, 6) is 0. The van der Waals surface area contributed by atoms with E-state index >= 15 is 0 Å². The molecule has 0 aliphatic heterocycles. The van der Waals surface area contributed by atoms with Gasteiger partial charge in [-0.3, -0.25) is 0 Å². The van der Waals surface area contributed by atoms with Crippen LogP contribution in [0.1, 0.15) is 18.9 Å². The van der Waals surface area contributed by atoms with Gasteiger partial charge in [-0.05, 0) is 51.1 Å². The van der Waals surface area contributed by atoms with Gasteiger partial charge in [0.15, 0.2) is 0 Å². The van der Waals surface area contributed by atoms with Crippen molar-refractivity contribution in [3.63, 3.8) is 0 Å². The summed E-state index contributed by atoms with van der Waals surface area (Å²) in [6, 6.07) is 7.09. The molecule has 0 amide bonds. The highest BCUT2D eigenvalue weighted by atomic mass is 15.1. The van der Waals surface area contributed by atoms with Gasteiger partial charge in [0.2, 0.25) is 0 Å². The maximum Gasteiger partial charge on any atom is 0.0955 e. The SMILES string of the molecule is CC(CCN)N(C)CCc1ccc2c(c1)ncn2C. The van der Waals surface area contributed by atoms with Gasteiger partial charge >= 0.3 is 0 Å². The van der Waals surface area contributed by atoms with Gasteiger partial charge in [0, 0.05) is 19.6 Å². The molecule has 2 N–H and O–H groups in total. The van der Waals surface area contributed by atoms with Gasteiger partial charge in [0.1, 0.15) is 0 Å². The number of likely N-dealkylation sites (N-methyl/N-ethyl adjacent to an activating group) is 1. The Bertz CT molecular complexity index is 532. The van der Waals surface area contributed by atoms with E-state index in [1.165, 1.54) is 11.1 Å². The van der Waals surface area contributed by atoms with E-state index in [9.17, 15) is 0 Å². The Kier molecular flexibility index (Phi) is 4.56. The molecule has 0 radical (unpaired) electrons. The van der Waals surface area contributed by atoms with Crippen molar-refractivity contribution in [2.24, 2.45) is 12.8 Å². The normalized spacial score (nSPS) is 13.3. The predicted molar refractivity (Wildman–Crippen MR) is 80.2 cm³/mol. The van der Waals surface area contributed by atoms with Crippen LogP contribution in [0.3, 0.4) is 0 Å². The molecule has 1 heterocycles. The molecule has 2 rings (SSSR count). The van der Waals surface area contributed by atoms with Gasteiger partial charge in [0.05, 0.1) is 17.4 Å². The molecule has 0 spiro atoms. The zero-order valence-corrected chi connectivity index (χ0v) is 12.1. The van der Waals surface area contributed by atoms with E-state index in [2.05, 4.69) is 46.6 Å². The Morgan fingerprint density at radius 3 is 2.95 bits per heavy atom. The van der Waals surface area contributed by atoms with Crippen LogP contribution in [-0.4, -0.2) is 40.6 Å². The van der Waals surface area contributed by atoms with E-state index in [4.69, 9.17) is 5.73 Å². The van der Waals surface area contributed by atoms with Crippen molar-refractivity contribution in [1.29, 1.82) is 0 Å². The van der Waals surface area contributed by atoms with Crippen LogP contribution in [0.2, 0.25) is 0 Å². The van der Waals surface area contributed by atoms with Crippen molar-refractivity contribution < 1.29 is 0 Å². The average Bonchev–Trinajstić information content (AvgIpc) is 2.77. The van der Waals surface area contributed by atoms with E-state index in [1.807, 2.05) is 13.4 Å². The van der Waals surface area contributed by atoms with Crippen LogP contribution in [0.15, 0.2) is 24.5 Å². The van der Waals surface area contributed by atoms with Crippen LogP contribution in [0, 0.1) is 0 Å². The number of hydrogen-bond donors (Lipinski definition) is 1. The maximum atomic E-state index is 5.60. The third kappa shape index (κ3) is 3.33. The third-order valence-corrected chi connectivity index (χ3v) is 3.88. The topological polar surface area (TPSA) is 47.1 Å². The molecular weight excluding hydrogens is 236 g/mol. The summed E-state index contributed by atoms with van der Waals surface area (Å²) in [7, 11) is 4.19. The van der Waals surface area contributed by atoms with Gasteiger partial charge in [-0.25, -0.2) is 4.98 Å². The van der Waals surface area contributed by atoms with E-state index in [0.717, 1.165) is 31.4 Å². The molecule has 0 fully saturated rings. The Morgan fingerprint density at radius 2 is 2.21 bits per heavy atom. The summed E-state index contributed by atoms with van der Waals surface area (Å²) < 4.78 is 2.05. The molecular formula is C15H24N4. The summed E-state index contributed by atoms with van der Waals surface area (Å²) in [6.07, 6.45) is 3.97. The number of hydrogen-bond acceptors (Lipinski definition) is 3. The van der Waals surface area contributed by atoms with Crippen molar-refractivity contribution in [2.45, 2.75) is 25.8 Å². The molecule has 0 aliphatic carbocycles. The molecule has 4 heteroatoms. The molecule has 1 aromatic carbocycles. The molecule has 104 valence electrons. The molecule has 1 aromatic heterocycles. The van der Waals surface area contributed by atoms with Gasteiger partial charge in [0.25, 0.3) is 0 Å². The average molecular weight is 260 g/mol. The Hall–Kier alpha value is -1.39. The van der Waals surface area contributed by atoms with Crippen molar-refractivity contribution in [2.75, 3.05) is 20.1 Å². The molecule has 0 saturated heterocycles. The van der Waals surface area contributed by atoms with E-state index in [1.54, 1.807) is 0 Å². The van der Waals surface area contributed by atoms with Crippen LogP contribution < -0.4 is 5.73 Å². The first kappa shape index (κ1) is 14.0. The lowest BCUT2D eigenvalue weighted by Gasteiger charge is -2.24. The summed E-state index contributed by atoms with van der Waals surface area (Å²) in [4.78, 5) is 6.77. The van der Waals surface area contributed by atoms with Crippen molar-refractivity contribution in [3.05, 3.63) is 30.1 Å². The van der Waals surface area contributed by atoms with Crippen LogP contribution in [0.4, 0.5) is 0 Å². The lowest BCUT2D eigenvalue weighted by atomic mass is 10.1. The van der Waals surface area contributed by atoms with Crippen LogP contribution in [-0.2, 0) is 13.5 Å². The minimum atomic E-state index is 0.545. The number of fused-ring (bicyclic) bond motifs is 1. The Balaban J connectivity index is 1.98. The monoisotopic (exact) mass is 260 g/mol. The van der Waals surface area contributed by atoms with E-state index < -0.39 is 0 Å². The third-order valence-electron chi connectivity index (χ3n) is 3.88. The van der Waals surface area contributed by atoms with Crippen LogP contribution in [0.5, 0.6) is 0 Å². The minimum absolute atomic E-state index is 0.545. The number of nitrogens with two attached hydrogens (primary N) is 1. The summed E-state index contributed by atoms with van der Waals surface area (Å²) >= 11 is 0. The number of benzene rings is 1. The van der Waals surface area contributed by atoms with Crippen molar-refractivity contribution in [1.82, 2.24) is 14.5 Å². The molecule has 2 aromatic rings. The summed E-state index contributed by atoms with van der Waals surface area (Å²) in [5.41, 5.74) is 9.22. The lowest BCUT2D eigenvalue weighted by molar-refractivity contribution is 0.251. The number of imidazole rings is 1. The zero-order valence-electron chi connectivity index (χ0n) is 12.1. The molecule has 0 saturated carbocycles. The fourth-order valence-corrected chi connectivity index (χ4v) is 2.32. The first-order valence-electron chi connectivity index (χ1n) is 6.92. The Morgan fingerprint density at radius 1 is 1.42 bits per heavy atom. The second-order valence-electron chi connectivity index (χ2n) is 5.34. The maximum absolute atomic E-state index is 5.60. The summed E-state index contributed by atoms with van der Waals surface area (Å²) in [6.45, 7) is 4.04. The van der Waals surface area contributed by atoms with E-state index in [0.29, 0.717) is 6.04 Å². The molecule has 4 nitrogen and oxygen atoms in total. The second kappa shape index (κ2) is 6.17. The van der Waals surface area contributed by atoms with Gasteiger partial charge in [-0.1, -0.05) is 6.07 Å². The van der Waals surface area contributed by atoms with Gasteiger partial charge < -0.3 is 15.2 Å². The van der Waals surface area contributed by atoms with Crippen molar-refractivity contribution in [3.8, 4) is 0 Å². The molecule has 1 unspecified atom stereocenters. The first-order valence-corrected chi connectivity index (χ1v) is 6.92. The fourth-order valence-electron chi connectivity index (χ4n) is 2.32. The second-order valence-corrected chi connectivity index (χ2v) is 5.34. The first-order chi connectivity index (χ1) is 9.11. The molecule has 1 atom stereocenters. The van der Waals surface area contributed by atoms with Gasteiger partial charge in [-0.15, -0.1) is 0 Å². The zero-order chi connectivity index (χ0) is 13.8. The highest BCUT2D eigenvalue weighted by Gasteiger charge is 2.08. The Labute approximate surface area is 115 Å². The molecule has 0 bridgehead atoms. The minimum Gasteiger partial charge on any atom is -0.334 e. The number of aryl methyl sites for hydroxylation is 1.